The summed E-state index contributed by atoms with van der Waals surface area (Å²) < 4.78 is 2.55. The number of phenolic OH excluding ortho intramolecular Hbond substituents is 1. The molecular formula is C19H15BrN6O2S2. The van der Waals surface area contributed by atoms with Gasteiger partial charge in [0.05, 0.1) is 11.3 Å². The van der Waals surface area contributed by atoms with Gasteiger partial charge >= 0.3 is 0 Å². The van der Waals surface area contributed by atoms with E-state index in [1.807, 2.05) is 30.3 Å². The summed E-state index contributed by atoms with van der Waals surface area (Å²) in [4.78, 5) is 12.3. The molecule has 2 aromatic heterocycles. The van der Waals surface area contributed by atoms with Crippen molar-refractivity contribution >= 4 is 50.1 Å². The standard InChI is InChI=1S/C19H15BrN6O2S2/c1-26-16(13-9-12(20)7-8-14(13)27)22-25-19(26)29-10-15(28)21-18-24-23-17(30-18)11-5-3-2-4-6-11/h2-9,27H,10H2,1H3,(H,21,24,28). The Labute approximate surface area is 188 Å². The summed E-state index contributed by atoms with van der Waals surface area (Å²) >= 11 is 5.94. The lowest BCUT2D eigenvalue weighted by Crippen LogP contribution is -2.14. The van der Waals surface area contributed by atoms with Gasteiger partial charge in [-0.15, -0.1) is 20.4 Å². The van der Waals surface area contributed by atoms with Crippen molar-refractivity contribution in [2.75, 3.05) is 11.1 Å². The highest BCUT2D eigenvalue weighted by atomic mass is 79.9. The molecule has 0 saturated heterocycles. The van der Waals surface area contributed by atoms with Crippen molar-refractivity contribution in [2.45, 2.75) is 5.16 Å². The lowest BCUT2D eigenvalue weighted by Gasteiger charge is -2.06. The van der Waals surface area contributed by atoms with Gasteiger partial charge in [0.1, 0.15) is 10.8 Å². The lowest BCUT2D eigenvalue weighted by molar-refractivity contribution is -0.113. The molecule has 0 fully saturated rings. The number of nitrogens with zero attached hydrogens (tertiary/aromatic N) is 5. The van der Waals surface area contributed by atoms with Gasteiger partial charge in [-0.3, -0.25) is 10.1 Å². The molecule has 2 heterocycles. The van der Waals surface area contributed by atoms with E-state index in [0.717, 1.165) is 15.0 Å². The summed E-state index contributed by atoms with van der Waals surface area (Å²) in [5.41, 5.74) is 1.50. The predicted molar refractivity (Wildman–Crippen MR) is 121 cm³/mol. The van der Waals surface area contributed by atoms with Gasteiger partial charge in [0.2, 0.25) is 11.0 Å². The predicted octanol–water partition coefficient (Wildman–Crippen LogP) is 4.20. The number of carbonyl (C=O) groups excluding carboxylic acids is 1. The minimum Gasteiger partial charge on any atom is -0.507 e. The van der Waals surface area contributed by atoms with Gasteiger partial charge in [-0.05, 0) is 18.2 Å². The van der Waals surface area contributed by atoms with Gasteiger partial charge in [-0.2, -0.15) is 0 Å². The van der Waals surface area contributed by atoms with Crippen molar-refractivity contribution < 1.29 is 9.90 Å². The molecule has 0 bridgehead atoms. The monoisotopic (exact) mass is 502 g/mol. The fraction of sp³-hybridized carbons (Fsp3) is 0.105. The Balaban J connectivity index is 1.40. The second-order valence-corrected chi connectivity index (χ2v) is 8.98. The Morgan fingerprint density at radius 2 is 1.97 bits per heavy atom. The molecule has 0 aliphatic heterocycles. The van der Waals surface area contributed by atoms with E-state index >= 15 is 0 Å². The number of aromatic nitrogens is 5. The van der Waals surface area contributed by atoms with Crippen molar-refractivity contribution in [1.29, 1.82) is 0 Å². The minimum absolute atomic E-state index is 0.105. The van der Waals surface area contributed by atoms with E-state index in [2.05, 4.69) is 41.6 Å². The Bertz CT molecular complexity index is 1190. The zero-order valence-corrected chi connectivity index (χ0v) is 18.8. The first-order valence-corrected chi connectivity index (χ1v) is 11.3. The summed E-state index contributed by atoms with van der Waals surface area (Å²) in [7, 11) is 1.78. The maximum Gasteiger partial charge on any atom is 0.236 e. The fourth-order valence-corrected chi connectivity index (χ4v) is 4.46. The van der Waals surface area contributed by atoms with Crippen LogP contribution in [0.1, 0.15) is 0 Å². The fourth-order valence-electron chi connectivity index (χ4n) is 2.62. The maximum absolute atomic E-state index is 12.3. The number of anilines is 1. The van der Waals surface area contributed by atoms with Crippen molar-refractivity contribution in [3.8, 4) is 27.7 Å². The van der Waals surface area contributed by atoms with Crippen molar-refractivity contribution in [1.82, 2.24) is 25.0 Å². The average molecular weight is 503 g/mol. The lowest BCUT2D eigenvalue weighted by atomic mass is 10.2. The zero-order valence-electron chi connectivity index (χ0n) is 15.6. The normalized spacial score (nSPS) is 10.9. The molecule has 2 N–H and O–H groups in total. The highest BCUT2D eigenvalue weighted by Crippen LogP contribution is 2.32. The van der Waals surface area contributed by atoms with Crippen molar-refractivity contribution in [3.05, 3.63) is 53.0 Å². The Morgan fingerprint density at radius 3 is 2.77 bits per heavy atom. The highest BCUT2D eigenvalue weighted by Gasteiger charge is 2.16. The quantitative estimate of drug-likeness (QED) is 0.380. The van der Waals surface area contributed by atoms with Crippen LogP contribution in [0, 0.1) is 0 Å². The Morgan fingerprint density at radius 1 is 1.17 bits per heavy atom. The number of rotatable bonds is 6. The number of aromatic hydroxyl groups is 1. The largest absolute Gasteiger partial charge is 0.507 e. The number of nitrogens with one attached hydrogen (secondary N) is 1. The third kappa shape index (κ3) is 4.53. The Hall–Kier alpha value is -2.76. The molecular weight excluding hydrogens is 488 g/mol. The number of phenols is 1. The maximum atomic E-state index is 12.3. The van der Waals surface area contributed by atoms with Crippen LogP contribution in [0.25, 0.3) is 22.0 Å². The summed E-state index contributed by atoms with van der Waals surface area (Å²) in [5.74, 6) is 0.531. The van der Waals surface area contributed by atoms with E-state index in [0.29, 0.717) is 21.7 Å². The van der Waals surface area contributed by atoms with Crippen LogP contribution >= 0.6 is 39.0 Å². The van der Waals surface area contributed by atoms with Gasteiger partial charge in [0, 0.05) is 17.1 Å². The van der Waals surface area contributed by atoms with E-state index in [1.54, 1.807) is 29.8 Å². The van der Waals surface area contributed by atoms with Gasteiger partial charge in [-0.1, -0.05) is 69.4 Å². The molecule has 0 saturated carbocycles. The molecule has 30 heavy (non-hydrogen) atoms. The van der Waals surface area contributed by atoms with Crippen LogP contribution in [-0.2, 0) is 11.8 Å². The molecule has 1 amide bonds. The van der Waals surface area contributed by atoms with Crippen LogP contribution in [0.2, 0.25) is 0 Å². The molecule has 4 rings (SSSR count). The van der Waals surface area contributed by atoms with Crippen molar-refractivity contribution in [2.24, 2.45) is 7.05 Å². The van der Waals surface area contributed by atoms with Crippen LogP contribution in [0.5, 0.6) is 5.75 Å². The first-order valence-electron chi connectivity index (χ1n) is 8.71. The molecule has 0 spiro atoms. The van der Waals surface area contributed by atoms with E-state index in [-0.39, 0.29) is 17.4 Å². The van der Waals surface area contributed by atoms with Crippen LogP contribution in [0.15, 0.2) is 58.2 Å². The molecule has 2 aromatic carbocycles. The van der Waals surface area contributed by atoms with Crippen LogP contribution in [0.3, 0.4) is 0 Å². The van der Waals surface area contributed by atoms with E-state index in [9.17, 15) is 9.90 Å². The second-order valence-electron chi connectivity index (χ2n) is 6.14. The number of hydrogen-bond donors (Lipinski definition) is 2. The molecule has 0 unspecified atom stereocenters. The number of amides is 1. The van der Waals surface area contributed by atoms with Gasteiger partial charge in [0.15, 0.2) is 11.0 Å². The molecule has 11 heteroatoms. The first-order chi connectivity index (χ1) is 14.5. The third-order valence-electron chi connectivity index (χ3n) is 4.06. The van der Waals surface area contributed by atoms with E-state index in [4.69, 9.17) is 0 Å². The van der Waals surface area contributed by atoms with Crippen LogP contribution in [-0.4, -0.2) is 41.7 Å². The molecule has 4 aromatic rings. The van der Waals surface area contributed by atoms with Crippen LogP contribution < -0.4 is 5.32 Å². The first kappa shape index (κ1) is 20.5. The highest BCUT2D eigenvalue weighted by molar-refractivity contribution is 9.10. The third-order valence-corrected chi connectivity index (χ3v) is 6.46. The van der Waals surface area contributed by atoms with E-state index < -0.39 is 0 Å². The molecule has 152 valence electrons. The van der Waals surface area contributed by atoms with Crippen LogP contribution in [0.4, 0.5) is 5.13 Å². The minimum atomic E-state index is -0.217. The van der Waals surface area contributed by atoms with E-state index in [1.165, 1.54) is 23.1 Å². The zero-order chi connectivity index (χ0) is 21.1. The number of hydrogen-bond acceptors (Lipinski definition) is 8. The Kier molecular flexibility index (Phi) is 6.11. The molecule has 0 aliphatic carbocycles. The van der Waals surface area contributed by atoms with Gasteiger partial charge < -0.3 is 9.67 Å². The molecule has 0 radical (unpaired) electrons. The number of thioether (sulfide) groups is 1. The van der Waals surface area contributed by atoms with Gasteiger partial charge in [0.25, 0.3) is 0 Å². The average Bonchev–Trinajstić information content (AvgIpc) is 3.36. The summed E-state index contributed by atoms with van der Waals surface area (Å²) in [6, 6.07) is 14.8. The number of benzene rings is 2. The summed E-state index contributed by atoms with van der Waals surface area (Å²) in [5, 5.41) is 31.0. The van der Waals surface area contributed by atoms with Crippen molar-refractivity contribution in [3.63, 3.8) is 0 Å². The molecule has 8 nitrogen and oxygen atoms in total. The number of carbonyl (C=O) groups is 1. The molecule has 0 aliphatic rings. The number of halogens is 1. The molecule has 0 atom stereocenters. The van der Waals surface area contributed by atoms with Gasteiger partial charge in [-0.25, -0.2) is 0 Å². The smallest absolute Gasteiger partial charge is 0.236 e. The topological polar surface area (TPSA) is 106 Å². The SMILES string of the molecule is Cn1c(SCC(=O)Nc2nnc(-c3ccccc3)s2)nnc1-c1cc(Br)ccc1O. The summed E-state index contributed by atoms with van der Waals surface area (Å²) in [6.45, 7) is 0. The summed E-state index contributed by atoms with van der Waals surface area (Å²) in [6.07, 6.45) is 0. The second kappa shape index (κ2) is 8.94.